The molecule has 0 amide bonds. The maximum atomic E-state index is 3.79. The van der Waals surface area contributed by atoms with E-state index >= 15 is 0 Å². The lowest BCUT2D eigenvalue weighted by atomic mass is 10.1. The summed E-state index contributed by atoms with van der Waals surface area (Å²) in [5.74, 6) is 0. The van der Waals surface area contributed by atoms with E-state index in [4.69, 9.17) is 0 Å². The molecule has 0 nitrogen and oxygen atoms in total. The number of hydrogen-bond acceptors (Lipinski definition) is 0. The third-order valence-electron chi connectivity index (χ3n) is 2.43. The fraction of sp³-hybridized carbons (Fsp3) is 0.714. The van der Waals surface area contributed by atoms with Gasteiger partial charge in [-0.1, -0.05) is 57.1 Å². The molecule has 0 aliphatic rings. The van der Waals surface area contributed by atoms with Crippen LogP contribution in [-0.4, -0.2) is 8.07 Å². The highest BCUT2D eigenvalue weighted by Crippen LogP contribution is 2.21. The van der Waals surface area contributed by atoms with Gasteiger partial charge in [-0.25, -0.2) is 0 Å². The molecular weight excluding hydrogens is 196 g/mol. The summed E-state index contributed by atoms with van der Waals surface area (Å²) in [4.78, 5) is 0. The van der Waals surface area contributed by atoms with E-state index in [0.29, 0.717) is 0 Å². The molecule has 0 aliphatic heterocycles. The molecule has 0 fully saturated rings. The Morgan fingerprint density at radius 1 is 1.20 bits per heavy atom. The van der Waals surface area contributed by atoms with Crippen LogP contribution in [0.1, 0.15) is 39.0 Å². The van der Waals surface area contributed by atoms with Crippen LogP contribution >= 0.6 is 0 Å². The van der Waals surface area contributed by atoms with Crippen LogP contribution < -0.4 is 0 Å². The number of allylic oxidation sites excluding steroid dienone is 3. The molecule has 0 aromatic rings. The van der Waals surface area contributed by atoms with E-state index in [1.807, 2.05) is 6.08 Å². The minimum Gasteiger partial charge on any atom is -0.103 e. The molecule has 0 atom stereocenters. The minimum absolute atomic E-state index is 0.933. The normalized spacial score (nSPS) is 12.9. The predicted octanol–water partition coefficient (Wildman–Crippen LogP) is 5.41. The third kappa shape index (κ3) is 9.99. The van der Waals surface area contributed by atoms with Crippen molar-refractivity contribution in [3.63, 3.8) is 0 Å². The largest absolute Gasteiger partial charge is 0.103 e. The SMILES string of the molecule is C=CC/C=C(/CCCCC)C[Si](C)(C)C. The first-order valence-corrected chi connectivity index (χ1v) is 9.99. The molecule has 0 heterocycles. The van der Waals surface area contributed by atoms with Gasteiger partial charge in [0.15, 0.2) is 0 Å². The van der Waals surface area contributed by atoms with Crippen LogP contribution in [-0.2, 0) is 0 Å². The average molecular weight is 224 g/mol. The first kappa shape index (κ1) is 14.7. The Morgan fingerprint density at radius 3 is 2.33 bits per heavy atom. The zero-order chi connectivity index (χ0) is 11.7. The first-order chi connectivity index (χ1) is 6.99. The summed E-state index contributed by atoms with van der Waals surface area (Å²) in [6.45, 7) is 13.4. The van der Waals surface area contributed by atoms with Crippen LogP contribution in [0.3, 0.4) is 0 Å². The van der Waals surface area contributed by atoms with Crippen molar-refractivity contribution < 1.29 is 0 Å². The number of hydrogen-bond donors (Lipinski definition) is 0. The van der Waals surface area contributed by atoms with Gasteiger partial charge in [-0.3, -0.25) is 0 Å². The zero-order valence-corrected chi connectivity index (χ0v) is 12.1. The summed E-state index contributed by atoms with van der Waals surface area (Å²) in [5.41, 5.74) is 1.68. The topological polar surface area (TPSA) is 0 Å². The maximum absolute atomic E-state index is 3.79. The van der Waals surface area contributed by atoms with Crippen molar-refractivity contribution in [3.8, 4) is 0 Å². The van der Waals surface area contributed by atoms with E-state index in [9.17, 15) is 0 Å². The summed E-state index contributed by atoms with van der Waals surface area (Å²) < 4.78 is 0. The van der Waals surface area contributed by atoms with Crippen molar-refractivity contribution in [3.05, 3.63) is 24.3 Å². The molecule has 88 valence electrons. The zero-order valence-electron chi connectivity index (χ0n) is 11.1. The Hall–Kier alpha value is -0.303. The lowest BCUT2D eigenvalue weighted by Crippen LogP contribution is -2.19. The van der Waals surface area contributed by atoms with Gasteiger partial charge in [0.25, 0.3) is 0 Å². The molecule has 1 heteroatoms. The van der Waals surface area contributed by atoms with E-state index in [1.165, 1.54) is 31.7 Å². The Bertz CT molecular complexity index is 196. The van der Waals surface area contributed by atoms with Gasteiger partial charge in [-0.2, -0.15) is 0 Å². The predicted molar refractivity (Wildman–Crippen MR) is 75.2 cm³/mol. The van der Waals surface area contributed by atoms with Gasteiger partial charge in [-0.15, -0.1) is 6.58 Å². The van der Waals surface area contributed by atoms with Crippen molar-refractivity contribution in [2.45, 2.75) is 64.7 Å². The molecule has 0 saturated heterocycles. The Morgan fingerprint density at radius 2 is 1.87 bits per heavy atom. The fourth-order valence-corrected chi connectivity index (χ4v) is 3.48. The van der Waals surface area contributed by atoms with E-state index in [1.54, 1.807) is 5.57 Å². The summed E-state index contributed by atoms with van der Waals surface area (Å²) in [5, 5.41) is 0. The lowest BCUT2D eigenvalue weighted by Gasteiger charge is -2.18. The van der Waals surface area contributed by atoms with Crippen LogP contribution in [0.2, 0.25) is 25.7 Å². The number of rotatable bonds is 8. The molecule has 0 rings (SSSR count). The van der Waals surface area contributed by atoms with E-state index in [-0.39, 0.29) is 0 Å². The van der Waals surface area contributed by atoms with Gasteiger partial charge in [0.1, 0.15) is 0 Å². The van der Waals surface area contributed by atoms with Gasteiger partial charge in [0, 0.05) is 8.07 Å². The highest BCUT2D eigenvalue weighted by molar-refractivity contribution is 6.76. The fourth-order valence-electron chi connectivity index (χ4n) is 1.80. The third-order valence-corrected chi connectivity index (χ3v) is 3.95. The molecule has 0 aromatic carbocycles. The van der Waals surface area contributed by atoms with Crippen LogP contribution in [0.25, 0.3) is 0 Å². The molecule has 0 saturated carbocycles. The Labute approximate surface area is 97.5 Å². The second-order valence-electron chi connectivity index (χ2n) is 5.58. The molecule has 0 N–H and O–H groups in total. The van der Waals surface area contributed by atoms with Crippen molar-refractivity contribution in [2.24, 2.45) is 0 Å². The van der Waals surface area contributed by atoms with E-state index < -0.39 is 8.07 Å². The van der Waals surface area contributed by atoms with Gasteiger partial charge in [0.05, 0.1) is 0 Å². The Balaban J connectivity index is 4.12. The van der Waals surface area contributed by atoms with Gasteiger partial charge in [-0.05, 0) is 25.3 Å². The average Bonchev–Trinajstić information content (AvgIpc) is 2.12. The van der Waals surface area contributed by atoms with Crippen LogP contribution in [0.15, 0.2) is 24.3 Å². The molecule has 0 aliphatic carbocycles. The summed E-state index contributed by atoms with van der Waals surface area (Å²) in [6, 6.07) is 1.37. The second kappa shape index (κ2) is 7.92. The van der Waals surface area contributed by atoms with Crippen molar-refractivity contribution in [2.75, 3.05) is 0 Å². The molecule has 0 aromatic heterocycles. The van der Waals surface area contributed by atoms with Gasteiger partial charge < -0.3 is 0 Å². The second-order valence-corrected chi connectivity index (χ2v) is 11.1. The molecular formula is C14H28Si. The molecule has 0 unspecified atom stereocenters. The van der Waals surface area contributed by atoms with E-state index in [2.05, 4.69) is 39.2 Å². The monoisotopic (exact) mass is 224 g/mol. The van der Waals surface area contributed by atoms with Gasteiger partial charge in [0.2, 0.25) is 0 Å². The maximum Gasteiger partial charge on any atom is 0.0483 e. The van der Waals surface area contributed by atoms with Crippen molar-refractivity contribution in [1.29, 1.82) is 0 Å². The van der Waals surface area contributed by atoms with Crippen molar-refractivity contribution >= 4 is 8.07 Å². The van der Waals surface area contributed by atoms with E-state index in [0.717, 1.165) is 6.42 Å². The quantitative estimate of drug-likeness (QED) is 0.294. The van der Waals surface area contributed by atoms with Crippen molar-refractivity contribution in [1.82, 2.24) is 0 Å². The summed E-state index contributed by atoms with van der Waals surface area (Å²) >= 11 is 0. The molecule has 0 bridgehead atoms. The van der Waals surface area contributed by atoms with Crippen LogP contribution in [0.5, 0.6) is 0 Å². The first-order valence-electron chi connectivity index (χ1n) is 6.28. The smallest absolute Gasteiger partial charge is 0.0483 e. The van der Waals surface area contributed by atoms with Gasteiger partial charge >= 0.3 is 0 Å². The van der Waals surface area contributed by atoms with Crippen LogP contribution in [0.4, 0.5) is 0 Å². The minimum atomic E-state index is -0.933. The number of unbranched alkanes of at least 4 members (excludes halogenated alkanes) is 2. The molecule has 15 heavy (non-hydrogen) atoms. The molecule has 0 radical (unpaired) electrons. The molecule has 0 spiro atoms. The Kier molecular flexibility index (Phi) is 7.76. The summed E-state index contributed by atoms with van der Waals surface area (Å²) in [6.07, 6.45) is 10.8. The highest BCUT2D eigenvalue weighted by atomic mass is 28.3. The summed E-state index contributed by atoms with van der Waals surface area (Å²) in [7, 11) is -0.933. The highest BCUT2D eigenvalue weighted by Gasteiger charge is 2.14. The van der Waals surface area contributed by atoms with Crippen LogP contribution in [0, 0.1) is 0 Å². The lowest BCUT2D eigenvalue weighted by molar-refractivity contribution is 0.711. The standard InChI is InChI=1S/C14H28Si/c1-6-8-10-12-14(11-9-7-2)13-15(3,4)5/h7,11H,2,6,8-10,12-13H2,1,3-5H3/b14-11-.